The molecule has 14 heavy (non-hydrogen) atoms. The normalized spacial score (nSPS) is 22.2. The molecule has 0 unspecified atom stereocenters. The number of nitrogens with zero attached hydrogens (tertiary/aromatic N) is 1. The molecule has 1 aliphatic heterocycles. The van der Waals surface area contributed by atoms with Gasteiger partial charge in [0.2, 0.25) is 0 Å². The van der Waals surface area contributed by atoms with Crippen LogP contribution in [0, 0.1) is 0 Å². The third kappa shape index (κ3) is 3.30. The average molecular weight is 239 g/mol. The van der Waals surface area contributed by atoms with Crippen molar-refractivity contribution in [2.45, 2.75) is 30.6 Å². The average Bonchev–Trinajstić information content (AvgIpc) is 2.24. The predicted octanol–water partition coefficient (Wildman–Crippen LogP) is 1.39. The third-order valence-electron chi connectivity index (χ3n) is 2.29. The largest absolute Gasteiger partial charge is 0.338 e. The second kappa shape index (κ2) is 4.69. The van der Waals surface area contributed by atoms with Crippen LogP contribution in [0.4, 0.5) is 0 Å². The van der Waals surface area contributed by atoms with Crippen molar-refractivity contribution >= 4 is 29.1 Å². The fourth-order valence-corrected chi connectivity index (χ4v) is 1.91. The molecule has 1 N–H and O–H groups in total. The lowest BCUT2D eigenvalue weighted by atomic mass is 10.1. The summed E-state index contributed by atoms with van der Waals surface area (Å²) in [5.74, 6) is -0.190. The number of carbonyl (C=O) groups is 1. The summed E-state index contributed by atoms with van der Waals surface area (Å²) in [6, 6.07) is 0. The summed E-state index contributed by atoms with van der Waals surface area (Å²) in [7, 11) is 0. The molecule has 1 saturated heterocycles. The van der Waals surface area contributed by atoms with Gasteiger partial charge in [-0.3, -0.25) is 4.79 Å². The molecule has 1 fully saturated rings. The first-order chi connectivity index (χ1) is 6.42. The van der Waals surface area contributed by atoms with Crippen LogP contribution < -0.4 is 5.32 Å². The van der Waals surface area contributed by atoms with Crippen LogP contribution in [0.15, 0.2) is 0 Å². The maximum absolute atomic E-state index is 11.6. The van der Waals surface area contributed by atoms with Crippen LogP contribution in [-0.4, -0.2) is 40.8 Å². The van der Waals surface area contributed by atoms with Crippen molar-refractivity contribution in [2.24, 2.45) is 0 Å². The van der Waals surface area contributed by atoms with E-state index in [1.54, 1.807) is 4.90 Å². The molecular formula is C9H16Cl2N2O. The molecule has 0 saturated carbocycles. The summed E-state index contributed by atoms with van der Waals surface area (Å²) in [5.41, 5.74) is -0.0607. The predicted molar refractivity (Wildman–Crippen MR) is 58.8 cm³/mol. The topological polar surface area (TPSA) is 32.3 Å². The molecule has 5 heteroatoms. The van der Waals surface area contributed by atoms with E-state index in [0.717, 1.165) is 19.5 Å². The van der Waals surface area contributed by atoms with Crippen molar-refractivity contribution in [3.05, 3.63) is 0 Å². The van der Waals surface area contributed by atoms with Crippen molar-refractivity contribution in [3.63, 3.8) is 0 Å². The van der Waals surface area contributed by atoms with Gasteiger partial charge in [-0.1, -0.05) is 23.2 Å². The van der Waals surface area contributed by atoms with Gasteiger partial charge in [0.25, 0.3) is 5.91 Å². The summed E-state index contributed by atoms with van der Waals surface area (Å²) >= 11 is 11.1. The Morgan fingerprint density at radius 3 is 2.71 bits per heavy atom. The molecule has 0 aromatic carbocycles. The number of amides is 1. The highest BCUT2D eigenvalue weighted by atomic mass is 35.5. The number of rotatable bonds is 1. The Morgan fingerprint density at radius 1 is 1.50 bits per heavy atom. The lowest BCUT2D eigenvalue weighted by molar-refractivity contribution is -0.129. The molecule has 0 atom stereocenters. The van der Waals surface area contributed by atoms with Crippen LogP contribution >= 0.6 is 23.2 Å². The molecule has 0 aliphatic carbocycles. The summed E-state index contributed by atoms with van der Waals surface area (Å²) < 4.78 is 0. The second-order valence-electron chi connectivity index (χ2n) is 4.22. The molecular weight excluding hydrogens is 223 g/mol. The minimum atomic E-state index is -0.941. The van der Waals surface area contributed by atoms with Gasteiger partial charge < -0.3 is 10.2 Å². The monoisotopic (exact) mass is 238 g/mol. The van der Waals surface area contributed by atoms with Crippen molar-refractivity contribution in [1.82, 2.24) is 10.2 Å². The van der Waals surface area contributed by atoms with E-state index in [2.05, 4.69) is 19.2 Å². The number of hydrogen-bond acceptors (Lipinski definition) is 2. The quantitative estimate of drug-likeness (QED) is 0.701. The fourth-order valence-electron chi connectivity index (χ4n) is 1.63. The zero-order valence-electron chi connectivity index (χ0n) is 8.52. The first kappa shape index (κ1) is 12.1. The lowest BCUT2D eigenvalue weighted by Crippen LogP contribution is -2.48. The van der Waals surface area contributed by atoms with E-state index < -0.39 is 4.84 Å². The van der Waals surface area contributed by atoms with E-state index in [0.29, 0.717) is 6.54 Å². The van der Waals surface area contributed by atoms with Crippen molar-refractivity contribution < 1.29 is 4.79 Å². The fraction of sp³-hybridized carbons (Fsp3) is 0.889. The van der Waals surface area contributed by atoms with Gasteiger partial charge in [-0.2, -0.15) is 0 Å². The van der Waals surface area contributed by atoms with Crippen LogP contribution in [0.1, 0.15) is 20.3 Å². The van der Waals surface area contributed by atoms with E-state index in [1.165, 1.54) is 0 Å². The summed E-state index contributed by atoms with van der Waals surface area (Å²) in [6.45, 7) is 6.44. The Labute approximate surface area is 94.7 Å². The molecule has 0 radical (unpaired) electrons. The molecule has 0 bridgehead atoms. The zero-order valence-corrected chi connectivity index (χ0v) is 10.0. The summed E-state index contributed by atoms with van der Waals surface area (Å²) in [6.07, 6.45) is 0.940. The van der Waals surface area contributed by atoms with Gasteiger partial charge >= 0.3 is 0 Å². The van der Waals surface area contributed by atoms with E-state index in [-0.39, 0.29) is 11.4 Å². The zero-order chi connectivity index (χ0) is 10.8. The van der Waals surface area contributed by atoms with E-state index in [1.807, 2.05) is 0 Å². The van der Waals surface area contributed by atoms with E-state index in [9.17, 15) is 4.79 Å². The number of nitrogens with one attached hydrogen (secondary N) is 1. The highest BCUT2D eigenvalue weighted by molar-refractivity contribution is 6.53. The molecule has 1 aliphatic rings. The lowest BCUT2D eigenvalue weighted by Gasteiger charge is -2.30. The van der Waals surface area contributed by atoms with Crippen LogP contribution in [0.5, 0.6) is 0 Å². The Kier molecular flexibility index (Phi) is 4.04. The molecule has 1 amide bonds. The van der Waals surface area contributed by atoms with Gasteiger partial charge in [0.1, 0.15) is 0 Å². The van der Waals surface area contributed by atoms with Gasteiger partial charge in [-0.15, -0.1) is 0 Å². The Morgan fingerprint density at radius 2 is 2.14 bits per heavy atom. The smallest absolute Gasteiger partial charge is 0.255 e. The molecule has 1 rings (SSSR count). The molecule has 0 spiro atoms. The van der Waals surface area contributed by atoms with E-state index >= 15 is 0 Å². The first-order valence-electron chi connectivity index (χ1n) is 4.74. The van der Waals surface area contributed by atoms with Crippen LogP contribution in [0.3, 0.4) is 0 Å². The van der Waals surface area contributed by atoms with Gasteiger partial charge in [-0.05, 0) is 26.8 Å². The van der Waals surface area contributed by atoms with Gasteiger partial charge in [-0.25, -0.2) is 0 Å². The minimum absolute atomic E-state index is 0.0607. The number of hydrogen-bond donors (Lipinski definition) is 1. The maximum atomic E-state index is 11.6. The Balaban J connectivity index is 2.64. The molecule has 0 aromatic rings. The Hall–Kier alpha value is 0.01000. The highest BCUT2D eigenvalue weighted by Gasteiger charge is 2.29. The number of halogens is 2. The van der Waals surface area contributed by atoms with Crippen molar-refractivity contribution in [2.75, 3.05) is 19.6 Å². The van der Waals surface area contributed by atoms with E-state index in [4.69, 9.17) is 23.2 Å². The van der Waals surface area contributed by atoms with Crippen LogP contribution in [0.25, 0.3) is 0 Å². The van der Waals surface area contributed by atoms with Crippen molar-refractivity contribution in [3.8, 4) is 0 Å². The second-order valence-corrected chi connectivity index (χ2v) is 5.32. The van der Waals surface area contributed by atoms with Crippen LogP contribution in [0.2, 0.25) is 0 Å². The van der Waals surface area contributed by atoms with Crippen LogP contribution in [-0.2, 0) is 4.79 Å². The minimum Gasteiger partial charge on any atom is -0.338 e. The molecule has 3 nitrogen and oxygen atoms in total. The molecule has 1 heterocycles. The standard InChI is InChI=1S/C9H16Cl2N2O/c1-9(2)6-13(5-3-4-12-9)8(14)7(10)11/h7,12H,3-6H2,1-2H3. The maximum Gasteiger partial charge on any atom is 0.255 e. The van der Waals surface area contributed by atoms with Gasteiger partial charge in [0, 0.05) is 18.6 Å². The highest BCUT2D eigenvalue weighted by Crippen LogP contribution is 2.14. The SMILES string of the molecule is CC1(C)CN(C(=O)C(Cl)Cl)CCCN1. The summed E-state index contributed by atoms with van der Waals surface area (Å²) in [4.78, 5) is 12.4. The Bertz CT molecular complexity index is 219. The number of carbonyl (C=O) groups excluding carboxylic acids is 1. The molecule has 82 valence electrons. The molecule has 0 aromatic heterocycles. The number of alkyl halides is 2. The third-order valence-corrected chi connectivity index (χ3v) is 2.67. The van der Waals surface area contributed by atoms with Gasteiger partial charge in [0.15, 0.2) is 4.84 Å². The summed E-state index contributed by atoms with van der Waals surface area (Å²) in [5, 5.41) is 3.36. The first-order valence-corrected chi connectivity index (χ1v) is 5.62. The van der Waals surface area contributed by atoms with Gasteiger partial charge in [0.05, 0.1) is 0 Å². The van der Waals surface area contributed by atoms with Crippen molar-refractivity contribution in [1.29, 1.82) is 0 Å².